The highest BCUT2D eigenvalue weighted by molar-refractivity contribution is 5.74. The first kappa shape index (κ1) is 12.8. The highest BCUT2D eigenvalue weighted by atomic mass is 14.9. The van der Waals surface area contributed by atoms with Crippen LogP contribution in [0.15, 0.2) is 65.9 Å². The van der Waals surface area contributed by atoms with E-state index < -0.39 is 0 Å². The van der Waals surface area contributed by atoms with Gasteiger partial charge in [-0.2, -0.15) is 0 Å². The fourth-order valence-electron chi connectivity index (χ4n) is 2.73. The Balaban J connectivity index is 2.08. The maximum atomic E-state index is 4.94. The molecule has 0 saturated heterocycles. The van der Waals surface area contributed by atoms with E-state index in [1.807, 2.05) is 31.6 Å². The van der Waals surface area contributed by atoms with Crippen LogP contribution >= 0.6 is 0 Å². The van der Waals surface area contributed by atoms with Crippen molar-refractivity contribution in [1.29, 1.82) is 0 Å². The van der Waals surface area contributed by atoms with Crippen LogP contribution in [-0.2, 0) is 0 Å². The summed E-state index contributed by atoms with van der Waals surface area (Å²) >= 11 is 0. The number of hydrogen-bond donors (Lipinski definition) is 1. The van der Waals surface area contributed by atoms with Gasteiger partial charge in [0.25, 0.3) is 0 Å². The summed E-state index contributed by atoms with van der Waals surface area (Å²) in [6, 6.07) is 16.6. The largest absolute Gasteiger partial charge is 0.358 e. The van der Waals surface area contributed by atoms with Gasteiger partial charge in [0.05, 0.1) is 22.9 Å². The van der Waals surface area contributed by atoms with E-state index in [2.05, 4.69) is 52.8 Å². The van der Waals surface area contributed by atoms with Gasteiger partial charge in [0.15, 0.2) is 0 Å². The molecule has 0 fully saturated rings. The molecule has 0 amide bonds. The number of rotatable bonds is 1. The Morgan fingerprint density at radius 1 is 0.909 bits per heavy atom. The maximum absolute atomic E-state index is 4.94. The minimum atomic E-state index is 0.940. The monoisotopic (exact) mass is 285 g/mol. The maximum Gasteiger partial charge on any atom is 0.0932 e. The van der Waals surface area contributed by atoms with Crippen molar-refractivity contribution < 1.29 is 0 Å². The van der Waals surface area contributed by atoms with Gasteiger partial charge in [-0.1, -0.05) is 48.5 Å². The van der Waals surface area contributed by atoms with Crippen LogP contribution in [0.5, 0.6) is 0 Å². The predicted molar refractivity (Wildman–Crippen MR) is 89.4 cm³/mol. The first-order valence-corrected chi connectivity index (χ1v) is 7.27. The average Bonchev–Trinajstić information content (AvgIpc) is 2.76. The van der Waals surface area contributed by atoms with Crippen molar-refractivity contribution in [3.05, 3.63) is 77.1 Å². The molecule has 4 rings (SSSR count). The Hall–Kier alpha value is -2.94. The Morgan fingerprint density at radius 3 is 2.64 bits per heavy atom. The van der Waals surface area contributed by atoms with Crippen molar-refractivity contribution in [3.63, 3.8) is 0 Å². The van der Waals surface area contributed by atoms with Crippen LogP contribution in [-0.4, -0.2) is 4.98 Å². The Kier molecular flexibility index (Phi) is 2.97. The van der Waals surface area contributed by atoms with Crippen molar-refractivity contribution >= 4 is 17.6 Å². The number of benzene rings is 2. The van der Waals surface area contributed by atoms with Crippen LogP contribution in [0, 0.1) is 6.92 Å². The van der Waals surface area contributed by atoms with E-state index in [1.54, 1.807) is 0 Å². The van der Waals surface area contributed by atoms with E-state index in [1.165, 1.54) is 5.56 Å². The average molecular weight is 285 g/mol. The van der Waals surface area contributed by atoms with Gasteiger partial charge >= 0.3 is 0 Å². The molecule has 1 aliphatic rings. The van der Waals surface area contributed by atoms with E-state index in [9.17, 15) is 0 Å². The van der Waals surface area contributed by atoms with Crippen LogP contribution in [0.25, 0.3) is 17.3 Å². The van der Waals surface area contributed by atoms with Crippen LogP contribution in [0.1, 0.15) is 5.56 Å². The second-order valence-corrected chi connectivity index (χ2v) is 5.36. The van der Waals surface area contributed by atoms with E-state index in [0.717, 1.165) is 33.1 Å². The molecule has 0 radical (unpaired) electrons. The number of anilines is 1. The van der Waals surface area contributed by atoms with Gasteiger partial charge in [0.2, 0.25) is 0 Å². The normalized spacial score (nSPS) is 12.0. The number of pyridine rings is 1. The SMILES string of the molecule is Cc1cncc2c1N=c1c(-c3ccccc3)cccc1=CN2. The predicted octanol–water partition coefficient (Wildman–Crippen LogP) is 3.17. The summed E-state index contributed by atoms with van der Waals surface area (Å²) in [5.74, 6) is 0. The van der Waals surface area contributed by atoms with Gasteiger partial charge < -0.3 is 5.32 Å². The zero-order chi connectivity index (χ0) is 14.9. The Morgan fingerprint density at radius 2 is 1.77 bits per heavy atom. The summed E-state index contributed by atoms with van der Waals surface area (Å²) in [6.07, 6.45) is 5.66. The Labute approximate surface area is 128 Å². The van der Waals surface area contributed by atoms with Gasteiger partial charge in [-0.15, -0.1) is 0 Å². The van der Waals surface area contributed by atoms with Gasteiger partial charge in [0.1, 0.15) is 0 Å². The molecule has 2 aromatic carbocycles. The zero-order valence-corrected chi connectivity index (χ0v) is 12.2. The lowest BCUT2D eigenvalue weighted by Crippen LogP contribution is -2.26. The molecule has 0 aliphatic carbocycles. The number of aryl methyl sites for hydroxylation is 1. The molecule has 3 heteroatoms. The molecule has 3 aromatic rings. The van der Waals surface area contributed by atoms with E-state index in [4.69, 9.17) is 4.99 Å². The molecule has 0 unspecified atom stereocenters. The minimum Gasteiger partial charge on any atom is -0.358 e. The van der Waals surface area contributed by atoms with Crippen molar-refractivity contribution in [2.45, 2.75) is 6.92 Å². The molecule has 3 nitrogen and oxygen atoms in total. The molecule has 0 bridgehead atoms. The third kappa shape index (κ3) is 2.07. The molecule has 1 N–H and O–H groups in total. The number of nitrogens with one attached hydrogen (secondary N) is 1. The summed E-state index contributed by atoms with van der Waals surface area (Å²) in [4.78, 5) is 9.18. The van der Waals surface area contributed by atoms with E-state index in [-0.39, 0.29) is 0 Å². The number of nitrogens with zero attached hydrogens (tertiary/aromatic N) is 2. The fourth-order valence-corrected chi connectivity index (χ4v) is 2.73. The summed E-state index contributed by atoms with van der Waals surface area (Å²) in [5, 5.41) is 5.39. The topological polar surface area (TPSA) is 37.3 Å². The molecule has 1 aromatic heterocycles. The summed E-state index contributed by atoms with van der Waals surface area (Å²) in [5.41, 5.74) is 5.27. The summed E-state index contributed by atoms with van der Waals surface area (Å²) < 4.78 is 0. The lowest BCUT2D eigenvalue weighted by atomic mass is 10.0. The van der Waals surface area contributed by atoms with Gasteiger partial charge in [0, 0.05) is 23.2 Å². The van der Waals surface area contributed by atoms with Gasteiger partial charge in [-0.05, 0) is 18.1 Å². The van der Waals surface area contributed by atoms with Crippen LogP contribution in [0.3, 0.4) is 0 Å². The standard InChI is InChI=1S/C19H15N3/c1-13-10-20-12-17-18(13)22-19-15(11-21-17)8-5-9-16(19)14-6-3-2-4-7-14/h2-12,21H,1H3. The lowest BCUT2D eigenvalue weighted by molar-refractivity contribution is 1.23. The highest BCUT2D eigenvalue weighted by Crippen LogP contribution is 2.28. The van der Waals surface area contributed by atoms with E-state index in [0.29, 0.717) is 0 Å². The molecular weight excluding hydrogens is 270 g/mol. The molecule has 1 aliphatic heterocycles. The van der Waals surface area contributed by atoms with Crippen molar-refractivity contribution in [2.75, 3.05) is 5.32 Å². The fraction of sp³-hybridized carbons (Fsp3) is 0.0526. The molecule has 0 spiro atoms. The molecule has 0 saturated carbocycles. The molecule has 0 atom stereocenters. The first-order chi connectivity index (χ1) is 10.8. The second kappa shape index (κ2) is 5.11. The number of fused-ring (bicyclic) bond motifs is 2. The van der Waals surface area contributed by atoms with Crippen LogP contribution in [0.2, 0.25) is 0 Å². The van der Waals surface area contributed by atoms with Crippen molar-refractivity contribution in [2.24, 2.45) is 4.99 Å². The van der Waals surface area contributed by atoms with Crippen molar-refractivity contribution in [1.82, 2.24) is 4.98 Å². The molecule has 22 heavy (non-hydrogen) atoms. The minimum absolute atomic E-state index is 0.940. The van der Waals surface area contributed by atoms with Gasteiger partial charge in [-0.3, -0.25) is 4.98 Å². The third-order valence-electron chi connectivity index (χ3n) is 3.86. The summed E-state index contributed by atoms with van der Waals surface area (Å²) in [6.45, 7) is 2.03. The van der Waals surface area contributed by atoms with Gasteiger partial charge in [-0.25, -0.2) is 4.99 Å². The van der Waals surface area contributed by atoms with Crippen LogP contribution < -0.4 is 15.9 Å². The highest BCUT2D eigenvalue weighted by Gasteiger charge is 2.09. The smallest absolute Gasteiger partial charge is 0.0932 e. The molecular formula is C19H15N3. The molecule has 2 heterocycles. The van der Waals surface area contributed by atoms with E-state index >= 15 is 0 Å². The lowest BCUT2D eigenvalue weighted by Gasteiger charge is -2.05. The number of hydrogen-bond acceptors (Lipinski definition) is 3. The number of para-hydroxylation sites is 1. The first-order valence-electron chi connectivity index (χ1n) is 7.27. The second-order valence-electron chi connectivity index (χ2n) is 5.36. The third-order valence-corrected chi connectivity index (χ3v) is 3.86. The summed E-state index contributed by atoms with van der Waals surface area (Å²) in [7, 11) is 0. The Bertz CT molecular complexity index is 960. The van der Waals surface area contributed by atoms with Crippen LogP contribution in [0.4, 0.5) is 11.4 Å². The molecule has 106 valence electrons. The van der Waals surface area contributed by atoms with Crippen molar-refractivity contribution in [3.8, 4) is 11.1 Å². The number of aromatic nitrogens is 1. The zero-order valence-electron chi connectivity index (χ0n) is 12.2. The quantitative estimate of drug-likeness (QED) is 0.745.